The summed E-state index contributed by atoms with van der Waals surface area (Å²) >= 11 is 6.13. The molecule has 0 bridgehead atoms. The number of hydrogen-bond donors (Lipinski definition) is 1. The summed E-state index contributed by atoms with van der Waals surface area (Å²) in [6.07, 6.45) is 0. The van der Waals surface area contributed by atoms with E-state index in [4.69, 9.17) is 21.1 Å². The first kappa shape index (κ1) is 28.8. The minimum Gasteiger partial charge on any atom is -0.493 e. The standard InChI is InChI=1S/C27H30ClN3O6S/c1-19(27(33)29-2)30(17-20-9-8-10-21(28)15-20)26(32)18-31(22-11-6-5-7-12-22)38(34,35)23-13-14-24(36-3)25(16-23)37-4/h5-16,19H,17-18H2,1-4H3,(H,29,33)/t19-/m0/s1. The van der Waals surface area contributed by atoms with Crippen molar-refractivity contribution < 1.29 is 27.5 Å². The summed E-state index contributed by atoms with van der Waals surface area (Å²) in [6.45, 7) is 1.08. The zero-order valence-corrected chi connectivity index (χ0v) is 23.1. The van der Waals surface area contributed by atoms with E-state index in [2.05, 4.69) is 5.32 Å². The Morgan fingerprint density at radius 1 is 0.947 bits per heavy atom. The predicted molar refractivity (Wildman–Crippen MR) is 146 cm³/mol. The Balaban J connectivity index is 2.04. The molecule has 9 nitrogen and oxygen atoms in total. The van der Waals surface area contributed by atoms with Crippen LogP contribution < -0.4 is 19.1 Å². The van der Waals surface area contributed by atoms with Crippen LogP contribution in [-0.2, 0) is 26.2 Å². The number of benzene rings is 3. The van der Waals surface area contributed by atoms with E-state index in [1.54, 1.807) is 61.5 Å². The quantitative estimate of drug-likeness (QED) is 0.384. The Hall–Kier alpha value is -3.76. The smallest absolute Gasteiger partial charge is 0.264 e. The molecule has 3 aromatic carbocycles. The van der Waals surface area contributed by atoms with E-state index in [1.807, 2.05) is 0 Å². The Morgan fingerprint density at radius 3 is 2.24 bits per heavy atom. The van der Waals surface area contributed by atoms with Gasteiger partial charge >= 0.3 is 0 Å². The van der Waals surface area contributed by atoms with E-state index in [-0.39, 0.29) is 22.9 Å². The second kappa shape index (κ2) is 12.7. The van der Waals surface area contributed by atoms with Crippen molar-refractivity contribution >= 4 is 39.1 Å². The first-order valence-electron chi connectivity index (χ1n) is 11.7. The molecule has 0 unspecified atom stereocenters. The van der Waals surface area contributed by atoms with Gasteiger partial charge in [0.05, 0.1) is 24.8 Å². The van der Waals surface area contributed by atoms with Gasteiger partial charge in [-0.1, -0.05) is 41.9 Å². The van der Waals surface area contributed by atoms with Gasteiger partial charge in [0.15, 0.2) is 11.5 Å². The molecule has 2 amide bonds. The van der Waals surface area contributed by atoms with Crippen LogP contribution in [0, 0.1) is 0 Å². The van der Waals surface area contributed by atoms with Gasteiger partial charge in [0.25, 0.3) is 10.0 Å². The lowest BCUT2D eigenvalue weighted by Crippen LogP contribution is -2.50. The normalized spacial score (nSPS) is 11.8. The number of sulfonamides is 1. The van der Waals surface area contributed by atoms with Crippen LogP contribution in [0.1, 0.15) is 12.5 Å². The van der Waals surface area contributed by atoms with Crippen LogP contribution in [-0.4, -0.2) is 59.0 Å². The maximum atomic E-state index is 13.9. The highest BCUT2D eigenvalue weighted by atomic mass is 35.5. The number of anilines is 1. The highest BCUT2D eigenvalue weighted by molar-refractivity contribution is 7.92. The highest BCUT2D eigenvalue weighted by Crippen LogP contribution is 2.32. The van der Waals surface area contributed by atoms with E-state index >= 15 is 0 Å². The van der Waals surface area contributed by atoms with Crippen molar-refractivity contribution in [3.63, 3.8) is 0 Å². The van der Waals surface area contributed by atoms with Crippen molar-refractivity contribution in [1.29, 1.82) is 0 Å². The molecule has 0 fully saturated rings. The molecule has 38 heavy (non-hydrogen) atoms. The molecule has 11 heteroatoms. The van der Waals surface area contributed by atoms with Gasteiger partial charge in [0.2, 0.25) is 11.8 Å². The van der Waals surface area contributed by atoms with E-state index in [1.165, 1.54) is 44.4 Å². The summed E-state index contributed by atoms with van der Waals surface area (Å²) < 4.78 is 39.3. The second-order valence-electron chi connectivity index (χ2n) is 8.31. The van der Waals surface area contributed by atoms with E-state index in [9.17, 15) is 18.0 Å². The lowest BCUT2D eigenvalue weighted by molar-refractivity contribution is -0.139. The molecule has 0 aliphatic rings. The van der Waals surface area contributed by atoms with Gasteiger partial charge in [0.1, 0.15) is 12.6 Å². The van der Waals surface area contributed by atoms with Crippen LogP contribution in [0.3, 0.4) is 0 Å². The zero-order chi connectivity index (χ0) is 27.9. The monoisotopic (exact) mass is 559 g/mol. The van der Waals surface area contributed by atoms with Gasteiger partial charge in [-0.15, -0.1) is 0 Å². The third kappa shape index (κ3) is 6.56. The molecule has 0 radical (unpaired) electrons. The number of carbonyl (C=O) groups is 2. The summed E-state index contributed by atoms with van der Waals surface area (Å²) in [5.41, 5.74) is 0.974. The summed E-state index contributed by atoms with van der Waals surface area (Å²) in [5.74, 6) is -0.381. The number of ether oxygens (including phenoxy) is 2. The topological polar surface area (TPSA) is 105 Å². The minimum atomic E-state index is -4.24. The van der Waals surface area contributed by atoms with Gasteiger partial charge < -0.3 is 19.7 Å². The highest BCUT2D eigenvalue weighted by Gasteiger charge is 2.32. The molecule has 3 aromatic rings. The molecule has 0 aliphatic heterocycles. The predicted octanol–water partition coefficient (Wildman–Crippen LogP) is 3.72. The lowest BCUT2D eigenvalue weighted by Gasteiger charge is -2.31. The molecule has 0 heterocycles. The van der Waals surface area contributed by atoms with Crippen LogP contribution in [0.25, 0.3) is 0 Å². The molecule has 202 valence electrons. The average Bonchev–Trinajstić information content (AvgIpc) is 2.93. The van der Waals surface area contributed by atoms with E-state index < -0.39 is 34.4 Å². The number of para-hydroxylation sites is 1. The fraction of sp³-hybridized carbons (Fsp3) is 0.259. The number of amides is 2. The van der Waals surface area contributed by atoms with Crippen molar-refractivity contribution in [1.82, 2.24) is 10.2 Å². The van der Waals surface area contributed by atoms with Crippen LogP contribution in [0.15, 0.2) is 77.7 Å². The van der Waals surface area contributed by atoms with Crippen LogP contribution in [0.2, 0.25) is 5.02 Å². The van der Waals surface area contributed by atoms with Gasteiger partial charge in [-0.05, 0) is 48.9 Å². The molecule has 0 aliphatic carbocycles. The molecule has 3 rings (SSSR count). The number of hydrogen-bond acceptors (Lipinski definition) is 6. The molecule has 0 spiro atoms. The minimum absolute atomic E-state index is 0.0486. The van der Waals surface area contributed by atoms with Crippen LogP contribution >= 0.6 is 11.6 Å². The third-order valence-corrected chi connectivity index (χ3v) is 7.93. The molecule has 1 N–H and O–H groups in total. The number of methoxy groups -OCH3 is 2. The molecular formula is C27H30ClN3O6S. The SMILES string of the molecule is CNC(=O)[C@H](C)N(Cc1cccc(Cl)c1)C(=O)CN(c1ccccc1)S(=O)(=O)c1ccc(OC)c(OC)c1. The molecule has 0 aromatic heterocycles. The summed E-state index contributed by atoms with van der Waals surface area (Å²) in [7, 11) is 0.0791. The van der Waals surface area contributed by atoms with E-state index in [0.717, 1.165) is 4.31 Å². The Bertz CT molecular complexity index is 1380. The number of rotatable bonds is 11. The average molecular weight is 560 g/mol. The van der Waals surface area contributed by atoms with Crippen LogP contribution in [0.5, 0.6) is 11.5 Å². The number of nitrogens with zero attached hydrogens (tertiary/aromatic N) is 2. The van der Waals surface area contributed by atoms with Crippen molar-refractivity contribution in [2.24, 2.45) is 0 Å². The van der Waals surface area contributed by atoms with Gasteiger partial charge in [-0.2, -0.15) is 0 Å². The van der Waals surface area contributed by atoms with Crippen LogP contribution in [0.4, 0.5) is 5.69 Å². The lowest BCUT2D eigenvalue weighted by atomic mass is 10.1. The Kier molecular flexibility index (Phi) is 9.60. The van der Waals surface area contributed by atoms with Gasteiger partial charge in [-0.25, -0.2) is 8.42 Å². The maximum absolute atomic E-state index is 13.9. The number of likely N-dealkylation sites (N-methyl/N-ethyl adjacent to an activating group) is 1. The number of carbonyl (C=O) groups excluding carboxylic acids is 2. The largest absolute Gasteiger partial charge is 0.493 e. The first-order valence-corrected chi connectivity index (χ1v) is 13.5. The van der Waals surface area contributed by atoms with Gasteiger partial charge in [0, 0.05) is 24.7 Å². The van der Waals surface area contributed by atoms with Crippen molar-refractivity contribution in [2.45, 2.75) is 24.4 Å². The third-order valence-electron chi connectivity index (χ3n) is 5.92. The fourth-order valence-electron chi connectivity index (χ4n) is 3.85. The van der Waals surface area contributed by atoms with Crippen molar-refractivity contribution in [3.8, 4) is 11.5 Å². The first-order chi connectivity index (χ1) is 18.1. The summed E-state index contributed by atoms with van der Waals surface area (Å²) in [6, 6.07) is 18.5. The summed E-state index contributed by atoms with van der Waals surface area (Å²) in [5, 5.41) is 3.02. The maximum Gasteiger partial charge on any atom is 0.264 e. The Morgan fingerprint density at radius 2 is 1.63 bits per heavy atom. The molecular weight excluding hydrogens is 530 g/mol. The summed E-state index contributed by atoms with van der Waals surface area (Å²) in [4.78, 5) is 27.5. The van der Waals surface area contributed by atoms with Crippen molar-refractivity contribution in [2.75, 3.05) is 32.1 Å². The van der Waals surface area contributed by atoms with Gasteiger partial charge in [-0.3, -0.25) is 13.9 Å². The fourth-order valence-corrected chi connectivity index (χ4v) is 5.49. The number of halogens is 1. The Labute approximate surface area is 228 Å². The molecule has 1 atom stereocenters. The zero-order valence-electron chi connectivity index (χ0n) is 21.5. The van der Waals surface area contributed by atoms with E-state index in [0.29, 0.717) is 16.3 Å². The molecule has 0 saturated heterocycles. The second-order valence-corrected chi connectivity index (χ2v) is 10.6. The molecule has 0 saturated carbocycles. The van der Waals surface area contributed by atoms with Crippen molar-refractivity contribution in [3.05, 3.63) is 83.4 Å². The number of nitrogens with one attached hydrogen (secondary N) is 1.